The third kappa shape index (κ3) is 6.23. The number of nitrogens with zero attached hydrogens (tertiary/aromatic N) is 2. The minimum atomic E-state index is -0.772. The molecule has 0 radical (unpaired) electrons. The third-order valence-corrected chi connectivity index (χ3v) is 9.58. The van der Waals surface area contributed by atoms with Gasteiger partial charge in [0, 0.05) is 36.3 Å². The number of esters is 1. The van der Waals surface area contributed by atoms with Crippen molar-refractivity contribution < 1.29 is 27.9 Å². The summed E-state index contributed by atoms with van der Waals surface area (Å²) in [6, 6.07) is 15.3. The summed E-state index contributed by atoms with van der Waals surface area (Å²) in [6.07, 6.45) is 3.38. The van der Waals surface area contributed by atoms with E-state index in [9.17, 15) is 23.2 Å². The zero-order valence-corrected chi connectivity index (χ0v) is 25.3. The average molecular weight is 636 g/mol. The average Bonchev–Trinajstić information content (AvgIpc) is 3.80. The molecule has 1 aliphatic heterocycles. The molecule has 6 rings (SSSR count). The van der Waals surface area contributed by atoms with Crippen LogP contribution < -0.4 is 5.32 Å². The zero-order valence-electron chi connectivity index (χ0n) is 23.7. The zero-order chi connectivity index (χ0) is 31.0. The van der Waals surface area contributed by atoms with Gasteiger partial charge in [-0.2, -0.15) is 0 Å². The molecule has 0 unspecified atom stereocenters. The van der Waals surface area contributed by atoms with Crippen LogP contribution in [-0.2, 0) is 4.74 Å². The Balaban J connectivity index is 1.16. The van der Waals surface area contributed by atoms with Gasteiger partial charge in [-0.1, -0.05) is 23.7 Å². The topological polar surface area (TPSA) is 88.6 Å². The second-order valence-electron chi connectivity index (χ2n) is 11.0. The summed E-state index contributed by atoms with van der Waals surface area (Å²) in [7, 11) is 1.35. The minimum Gasteiger partial charge on any atom is -0.465 e. The maximum absolute atomic E-state index is 14.7. The summed E-state index contributed by atoms with van der Waals surface area (Å²) in [5, 5.41) is 3.79. The van der Waals surface area contributed by atoms with Crippen molar-refractivity contribution in [1.29, 1.82) is 0 Å². The number of carbonyl (C=O) groups excluding carboxylic acids is 3. The van der Waals surface area contributed by atoms with Gasteiger partial charge in [0.25, 0.3) is 11.8 Å². The Morgan fingerprint density at radius 2 is 1.68 bits per heavy atom. The van der Waals surface area contributed by atoms with Crippen molar-refractivity contribution in [2.24, 2.45) is 0 Å². The van der Waals surface area contributed by atoms with Gasteiger partial charge in [0.2, 0.25) is 0 Å². The molecule has 0 spiro atoms. The first kappa shape index (κ1) is 29.9. The van der Waals surface area contributed by atoms with E-state index in [-0.39, 0.29) is 45.6 Å². The number of hydrogen-bond donors (Lipinski definition) is 1. The highest BCUT2D eigenvalue weighted by Gasteiger charge is 2.31. The van der Waals surface area contributed by atoms with Crippen LogP contribution in [0.3, 0.4) is 0 Å². The lowest BCUT2D eigenvalue weighted by atomic mass is 9.88. The van der Waals surface area contributed by atoms with E-state index in [0.717, 1.165) is 48.4 Å². The fourth-order valence-electron chi connectivity index (χ4n) is 5.40. The van der Waals surface area contributed by atoms with Crippen LogP contribution >= 0.6 is 22.9 Å². The fraction of sp³-hybridized carbons (Fsp3) is 0.273. The SMILES string of the molecule is COC(=O)c1ccc(C2CCN(C(=O)c3cc(NC(=O)c4nc(C5CC5)sc4-c4ccc(F)cc4F)ccc3Cl)CC2)cc1. The first-order chi connectivity index (χ1) is 21.2. The highest BCUT2D eigenvalue weighted by molar-refractivity contribution is 7.15. The molecule has 1 N–H and O–H groups in total. The van der Waals surface area contributed by atoms with E-state index in [2.05, 4.69) is 10.3 Å². The number of nitrogens with one attached hydrogen (secondary N) is 1. The predicted molar refractivity (Wildman–Crippen MR) is 165 cm³/mol. The van der Waals surface area contributed by atoms with Gasteiger partial charge in [0.05, 0.1) is 33.1 Å². The molecule has 2 heterocycles. The lowest BCUT2D eigenvalue weighted by Gasteiger charge is -2.32. The van der Waals surface area contributed by atoms with Crippen molar-refractivity contribution in [3.8, 4) is 10.4 Å². The second kappa shape index (κ2) is 12.5. The van der Waals surface area contributed by atoms with E-state index in [1.54, 1.807) is 29.2 Å². The number of halogens is 3. The monoisotopic (exact) mass is 635 g/mol. The first-order valence-corrected chi connectivity index (χ1v) is 15.5. The largest absolute Gasteiger partial charge is 0.465 e. The number of anilines is 1. The van der Waals surface area contributed by atoms with Crippen molar-refractivity contribution in [1.82, 2.24) is 9.88 Å². The molecule has 11 heteroatoms. The van der Waals surface area contributed by atoms with Crippen molar-refractivity contribution in [3.05, 3.63) is 105 Å². The lowest BCUT2D eigenvalue weighted by Crippen LogP contribution is -2.38. The van der Waals surface area contributed by atoms with Crippen molar-refractivity contribution in [3.63, 3.8) is 0 Å². The number of methoxy groups -OCH3 is 1. The molecule has 226 valence electrons. The number of ether oxygens (including phenoxy) is 1. The van der Waals surface area contributed by atoms with Gasteiger partial charge < -0.3 is 15.0 Å². The summed E-state index contributed by atoms with van der Waals surface area (Å²) in [5.74, 6) is -2.20. The van der Waals surface area contributed by atoms with E-state index >= 15 is 0 Å². The number of aromatic nitrogens is 1. The Morgan fingerprint density at radius 1 is 0.955 bits per heavy atom. The number of thiazole rings is 1. The summed E-state index contributed by atoms with van der Waals surface area (Å²) in [5.41, 5.74) is 2.34. The van der Waals surface area contributed by atoms with Crippen LogP contribution in [0.25, 0.3) is 10.4 Å². The van der Waals surface area contributed by atoms with Gasteiger partial charge in [0.15, 0.2) is 0 Å². The van der Waals surface area contributed by atoms with Crippen molar-refractivity contribution >= 4 is 46.4 Å². The highest BCUT2D eigenvalue weighted by Crippen LogP contribution is 2.45. The summed E-state index contributed by atoms with van der Waals surface area (Å²) in [4.78, 5) is 45.3. The van der Waals surface area contributed by atoms with E-state index < -0.39 is 17.5 Å². The first-order valence-electron chi connectivity index (χ1n) is 14.3. The van der Waals surface area contributed by atoms with E-state index in [4.69, 9.17) is 16.3 Å². The Hall–Kier alpha value is -4.15. The molecule has 0 bridgehead atoms. The van der Waals surface area contributed by atoms with Crippen LogP contribution in [0.2, 0.25) is 5.02 Å². The van der Waals surface area contributed by atoms with Gasteiger partial charge >= 0.3 is 5.97 Å². The molecule has 2 aliphatic rings. The molecule has 7 nitrogen and oxygen atoms in total. The molecule has 2 fully saturated rings. The van der Waals surface area contributed by atoms with Crippen LogP contribution in [0.5, 0.6) is 0 Å². The van der Waals surface area contributed by atoms with Crippen LogP contribution in [-0.4, -0.2) is 47.9 Å². The third-order valence-electron chi connectivity index (χ3n) is 8.00. The van der Waals surface area contributed by atoms with E-state index in [1.807, 2.05) is 12.1 Å². The molecule has 2 amide bonds. The van der Waals surface area contributed by atoms with Crippen LogP contribution in [0.15, 0.2) is 60.7 Å². The maximum atomic E-state index is 14.7. The van der Waals surface area contributed by atoms with Gasteiger partial charge in [0.1, 0.15) is 17.3 Å². The molecule has 1 saturated heterocycles. The smallest absolute Gasteiger partial charge is 0.337 e. The Kier molecular flexibility index (Phi) is 8.46. The highest BCUT2D eigenvalue weighted by atomic mass is 35.5. The van der Waals surface area contributed by atoms with Gasteiger partial charge in [-0.15, -0.1) is 11.3 Å². The minimum absolute atomic E-state index is 0.0481. The van der Waals surface area contributed by atoms with E-state index in [1.165, 1.54) is 30.6 Å². The molecule has 4 aromatic rings. The molecule has 3 aromatic carbocycles. The van der Waals surface area contributed by atoms with Crippen LogP contribution in [0.1, 0.15) is 79.3 Å². The number of likely N-dealkylation sites (tertiary alicyclic amines) is 1. The van der Waals surface area contributed by atoms with Crippen molar-refractivity contribution in [2.45, 2.75) is 37.5 Å². The maximum Gasteiger partial charge on any atom is 0.337 e. The number of hydrogen-bond acceptors (Lipinski definition) is 6. The second-order valence-corrected chi connectivity index (χ2v) is 12.4. The van der Waals surface area contributed by atoms with Gasteiger partial charge in [-0.3, -0.25) is 9.59 Å². The quantitative estimate of drug-likeness (QED) is 0.211. The van der Waals surface area contributed by atoms with Crippen LogP contribution in [0, 0.1) is 11.6 Å². The summed E-state index contributed by atoms with van der Waals surface area (Å²) in [6.45, 7) is 1.04. The Morgan fingerprint density at radius 3 is 2.34 bits per heavy atom. The molecule has 1 aromatic heterocycles. The number of carbonyl (C=O) groups is 3. The van der Waals surface area contributed by atoms with E-state index in [0.29, 0.717) is 29.2 Å². The standard InChI is InChI=1S/C33H28ClF2N3O4S/c1-43-33(42)21-6-2-18(3-7-21)19-12-14-39(15-13-19)32(41)25-17-23(9-11-26(25)34)37-30(40)28-29(44-31(38-28)20-4-5-20)24-10-8-22(35)16-27(24)36/h2-3,6-11,16-17,19-20H,4-5,12-15H2,1H3,(H,37,40). The summed E-state index contributed by atoms with van der Waals surface area (Å²) >= 11 is 7.68. The molecule has 44 heavy (non-hydrogen) atoms. The van der Waals surface area contributed by atoms with Crippen molar-refractivity contribution in [2.75, 3.05) is 25.5 Å². The van der Waals surface area contributed by atoms with Gasteiger partial charge in [-0.25, -0.2) is 18.6 Å². The normalized spacial score (nSPS) is 15.2. The molecule has 1 aliphatic carbocycles. The Labute approximate surface area is 261 Å². The predicted octanol–water partition coefficient (Wildman–Crippen LogP) is 7.68. The molecular formula is C33H28ClF2N3O4S. The number of piperidine rings is 1. The van der Waals surface area contributed by atoms with Gasteiger partial charge in [-0.05, 0) is 79.6 Å². The molecule has 1 saturated carbocycles. The summed E-state index contributed by atoms with van der Waals surface area (Å²) < 4.78 is 33.1. The number of benzene rings is 3. The number of amides is 2. The molecule has 0 atom stereocenters. The van der Waals surface area contributed by atoms with Crippen LogP contribution in [0.4, 0.5) is 14.5 Å². The lowest BCUT2D eigenvalue weighted by molar-refractivity contribution is 0.0599. The number of rotatable bonds is 7. The molecular weight excluding hydrogens is 608 g/mol. The Bertz CT molecular complexity index is 1750. The fourth-order valence-corrected chi connectivity index (χ4v) is 6.86.